The van der Waals surface area contributed by atoms with Gasteiger partial charge in [-0.2, -0.15) is 10.2 Å². The summed E-state index contributed by atoms with van der Waals surface area (Å²) in [4.78, 5) is 8.26. The predicted octanol–water partition coefficient (Wildman–Crippen LogP) is 0.766. The van der Waals surface area contributed by atoms with Crippen LogP contribution in [0.1, 0.15) is 19.5 Å². The molecule has 0 fully saturated rings. The number of aromatic nitrogens is 6. The largest absolute Gasteiger partial charge is 0.384 e. The van der Waals surface area contributed by atoms with E-state index in [2.05, 4.69) is 25.3 Å². The maximum atomic E-state index is 9.90. The van der Waals surface area contributed by atoms with E-state index < -0.39 is 5.60 Å². The summed E-state index contributed by atoms with van der Waals surface area (Å²) in [6.45, 7) is 3.38. The third-order valence-corrected chi connectivity index (χ3v) is 2.66. The molecule has 3 aromatic rings. The van der Waals surface area contributed by atoms with Gasteiger partial charge in [-0.1, -0.05) is 0 Å². The van der Waals surface area contributed by atoms with Gasteiger partial charge in [0.1, 0.15) is 11.9 Å². The molecule has 2 N–H and O–H groups in total. The van der Waals surface area contributed by atoms with Crippen molar-refractivity contribution in [2.75, 3.05) is 0 Å². The summed E-state index contributed by atoms with van der Waals surface area (Å²) in [7, 11) is 0. The van der Waals surface area contributed by atoms with Gasteiger partial charge in [0.05, 0.1) is 17.3 Å². The van der Waals surface area contributed by atoms with E-state index in [1.54, 1.807) is 37.0 Å². The molecule has 92 valence electrons. The van der Waals surface area contributed by atoms with Crippen molar-refractivity contribution < 1.29 is 5.11 Å². The Kier molecular flexibility index (Phi) is 2.17. The quantitative estimate of drug-likeness (QED) is 0.694. The maximum absolute atomic E-state index is 9.90. The van der Waals surface area contributed by atoms with Crippen LogP contribution in [-0.4, -0.2) is 35.1 Å². The number of aromatic amines is 1. The molecule has 0 amide bonds. The first-order chi connectivity index (χ1) is 8.55. The summed E-state index contributed by atoms with van der Waals surface area (Å²) in [5.74, 6) is 0.629. The molecule has 7 heteroatoms. The number of fused-ring (bicyclic) bond motifs is 1. The molecule has 18 heavy (non-hydrogen) atoms. The standard InChI is InChI=1S/C11H12N6O/c1-11(2,18)8-3-4-17(16-8)10-7-5-14-15-9(7)12-6-13-10/h3-6,18H,1-2H3,(H,12,13,14,15). The van der Waals surface area contributed by atoms with Gasteiger partial charge in [-0.25, -0.2) is 14.6 Å². The van der Waals surface area contributed by atoms with E-state index >= 15 is 0 Å². The molecule has 0 aliphatic rings. The van der Waals surface area contributed by atoms with Gasteiger partial charge in [-0.3, -0.25) is 5.10 Å². The topological polar surface area (TPSA) is 92.5 Å². The fourth-order valence-corrected chi connectivity index (χ4v) is 1.70. The predicted molar refractivity (Wildman–Crippen MR) is 64.1 cm³/mol. The van der Waals surface area contributed by atoms with E-state index in [9.17, 15) is 5.11 Å². The molecule has 3 aromatic heterocycles. The molecular formula is C11H12N6O. The Morgan fingerprint density at radius 2 is 2.17 bits per heavy atom. The summed E-state index contributed by atoms with van der Waals surface area (Å²) in [5, 5.41) is 21.7. The van der Waals surface area contributed by atoms with Crippen LogP contribution in [-0.2, 0) is 5.60 Å². The highest BCUT2D eigenvalue weighted by molar-refractivity contribution is 5.80. The number of aliphatic hydroxyl groups is 1. The zero-order chi connectivity index (χ0) is 12.8. The average molecular weight is 244 g/mol. The second-order valence-electron chi connectivity index (χ2n) is 4.53. The zero-order valence-electron chi connectivity index (χ0n) is 9.99. The highest BCUT2D eigenvalue weighted by Gasteiger charge is 2.20. The Balaban J connectivity index is 2.15. The van der Waals surface area contributed by atoms with Gasteiger partial charge in [-0.15, -0.1) is 0 Å². The van der Waals surface area contributed by atoms with Crippen molar-refractivity contribution in [2.24, 2.45) is 0 Å². The first-order valence-electron chi connectivity index (χ1n) is 5.49. The van der Waals surface area contributed by atoms with Crippen LogP contribution in [0.15, 0.2) is 24.8 Å². The molecule has 3 rings (SSSR count). The smallest absolute Gasteiger partial charge is 0.167 e. The molecule has 0 aliphatic carbocycles. The lowest BCUT2D eigenvalue weighted by Crippen LogP contribution is -2.16. The van der Waals surface area contributed by atoms with E-state index in [4.69, 9.17) is 0 Å². The molecule has 0 unspecified atom stereocenters. The second-order valence-corrected chi connectivity index (χ2v) is 4.53. The van der Waals surface area contributed by atoms with Crippen LogP contribution < -0.4 is 0 Å². The zero-order valence-corrected chi connectivity index (χ0v) is 9.99. The number of hydrogen-bond donors (Lipinski definition) is 2. The Morgan fingerprint density at radius 3 is 2.89 bits per heavy atom. The van der Waals surface area contributed by atoms with Crippen molar-refractivity contribution in [2.45, 2.75) is 19.4 Å². The molecule has 0 spiro atoms. The van der Waals surface area contributed by atoms with E-state index in [1.165, 1.54) is 6.33 Å². The molecule has 0 aliphatic heterocycles. The summed E-state index contributed by atoms with van der Waals surface area (Å²) >= 11 is 0. The molecule has 0 atom stereocenters. The molecule has 0 saturated heterocycles. The highest BCUT2D eigenvalue weighted by atomic mass is 16.3. The van der Waals surface area contributed by atoms with Gasteiger partial charge in [0.2, 0.25) is 0 Å². The molecule has 0 bridgehead atoms. The molecule has 0 aromatic carbocycles. The highest BCUT2D eigenvalue weighted by Crippen LogP contribution is 2.20. The molecule has 3 heterocycles. The van der Waals surface area contributed by atoms with Crippen LogP contribution in [0.2, 0.25) is 0 Å². The first kappa shape index (κ1) is 10.8. The minimum Gasteiger partial charge on any atom is -0.384 e. The lowest BCUT2D eigenvalue weighted by Gasteiger charge is -2.13. The number of nitrogens with zero attached hydrogens (tertiary/aromatic N) is 5. The van der Waals surface area contributed by atoms with Gasteiger partial charge in [-0.05, 0) is 19.9 Å². The third-order valence-electron chi connectivity index (χ3n) is 2.66. The summed E-state index contributed by atoms with van der Waals surface area (Å²) < 4.78 is 1.60. The van der Waals surface area contributed by atoms with E-state index in [1.807, 2.05) is 0 Å². The molecule has 0 radical (unpaired) electrons. The summed E-state index contributed by atoms with van der Waals surface area (Å²) in [5.41, 5.74) is 0.256. The van der Waals surface area contributed by atoms with E-state index in [0.717, 1.165) is 5.39 Å². The Hall–Kier alpha value is -2.28. The fraction of sp³-hybridized carbons (Fsp3) is 0.273. The van der Waals surface area contributed by atoms with E-state index in [0.29, 0.717) is 17.2 Å². The van der Waals surface area contributed by atoms with Crippen molar-refractivity contribution in [1.82, 2.24) is 29.9 Å². The van der Waals surface area contributed by atoms with Crippen molar-refractivity contribution in [1.29, 1.82) is 0 Å². The van der Waals surface area contributed by atoms with Crippen LogP contribution >= 0.6 is 0 Å². The van der Waals surface area contributed by atoms with Gasteiger partial charge in [0.25, 0.3) is 0 Å². The summed E-state index contributed by atoms with van der Waals surface area (Å²) in [6, 6.07) is 1.76. The van der Waals surface area contributed by atoms with Crippen molar-refractivity contribution in [3.63, 3.8) is 0 Å². The summed E-state index contributed by atoms with van der Waals surface area (Å²) in [6.07, 6.45) is 4.85. The minimum absolute atomic E-state index is 0.581. The number of hydrogen-bond acceptors (Lipinski definition) is 5. The molecule has 0 saturated carbocycles. The number of H-pyrrole nitrogens is 1. The van der Waals surface area contributed by atoms with Gasteiger partial charge >= 0.3 is 0 Å². The SMILES string of the molecule is CC(C)(O)c1ccn(-c2ncnc3[nH]ncc23)n1. The van der Waals surface area contributed by atoms with Crippen LogP contribution in [0.3, 0.4) is 0 Å². The van der Waals surface area contributed by atoms with Crippen molar-refractivity contribution in [3.8, 4) is 5.82 Å². The van der Waals surface area contributed by atoms with Gasteiger partial charge in [0, 0.05) is 6.20 Å². The van der Waals surface area contributed by atoms with Crippen molar-refractivity contribution in [3.05, 3.63) is 30.5 Å². The monoisotopic (exact) mass is 244 g/mol. The molecule has 7 nitrogen and oxygen atoms in total. The van der Waals surface area contributed by atoms with Crippen LogP contribution in [0, 0.1) is 0 Å². The fourth-order valence-electron chi connectivity index (χ4n) is 1.70. The van der Waals surface area contributed by atoms with Crippen LogP contribution in [0.25, 0.3) is 16.9 Å². The Morgan fingerprint density at radius 1 is 1.33 bits per heavy atom. The van der Waals surface area contributed by atoms with Crippen molar-refractivity contribution >= 4 is 11.0 Å². The molecular weight excluding hydrogens is 232 g/mol. The Labute approximate surface area is 103 Å². The van der Waals surface area contributed by atoms with E-state index in [-0.39, 0.29) is 0 Å². The third kappa shape index (κ3) is 1.65. The maximum Gasteiger partial charge on any atom is 0.167 e. The van der Waals surface area contributed by atoms with Crippen LogP contribution in [0.4, 0.5) is 0 Å². The van der Waals surface area contributed by atoms with Crippen LogP contribution in [0.5, 0.6) is 0 Å². The number of rotatable bonds is 2. The lowest BCUT2D eigenvalue weighted by molar-refractivity contribution is 0.0734. The Bertz CT molecular complexity index is 693. The first-order valence-corrected chi connectivity index (χ1v) is 5.49. The minimum atomic E-state index is -0.978. The van der Waals surface area contributed by atoms with Gasteiger partial charge in [0.15, 0.2) is 11.5 Å². The second kappa shape index (κ2) is 3.61. The normalized spacial score (nSPS) is 12.2. The lowest BCUT2D eigenvalue weighted by atomic mass is 10.1. The average Bonchev–Trinajstić information content (AvgIpc) is 2.96. The number of nitrogens with one attached hydrogen (secondary N) is 1. The van der Waals surface area contributed by atoms with Gasteiger partial charge < -0.3 is 5.11 Å².